The Morgan fingerprint density at radius 2 is 1.47 bits per heavy atom. The van der Waals surface area contributed by atoms with Gasteiger partial charge in [-0.05, 0) is 47.9 Å². The number of rotatable bonds is 9. The van der Waals surface area contributed by atoms with Crippen molar-refractivity contribution < 1.29 is 8.85 Å². The third-order valence-corrected chi connectivity index (χ3v) is 16.3. The monoisotopic (exact) mass is 499 g/mol. The van der Waals surface area contributed by atoms with E-state index in [2.05, 4.69) is 88.0 Å². The molecule has 1 N–H and O–H groups in total. The zero-order chi connectivity index (χ0) is 24.5. The number of halogens is 1. The molecule has 0 aliphatic rings. The van der Waals surface area contributed by atoms with Crippen LogP contribution in [0.5, 0.6) is 0 Å². The van der Waals surface area contributed by atoms with E-state index in [0.717, 1.165) is 5.65 Å². The van der Waals surface area contributed by atoms with Crippen molar-refractivity contribution in [1.29, 1.82) is 0 Å². The highest BCUT2D eigenvalue weighted by Crippen LogP contribution is 2.38. The maximum atomic E-state index is 6.61. The highest BCUT2D eigenvalue weighted by atomic mass is 35.5. The Bertz CT molecular complexity index is 889. The fourth-order valence-electron chi connectivity index (χ4n) is 2.74. The molecular formula is C22H42ClN5O2Si2. The molecule has 32 heavy (non-hydrogen) atoms. The van der Waals surface area contributed by atoms with Gasteiger partial charge in [-0.3, -0.25) is 0 Å². The molecule has 0 aliphatic heterocycles. The highest BCUT2D eigenvalue weighted by Gasteiger charge is 2.39. The van der Waals surface area contributed by atoms with Crippen LogP contribution in [0.25, 0.3) is 11.2 Å². The molecule has 0 saturated heterocycles. The van der Waals surface area contributed by atoms with Crippen molar-refractivity contribution in [1.82, 2.24) is 19.5 Å². The molecule has 10 heteroatoms. The van der Waals surface area contributed by atoms with Crippen molar-refractivity contribution >= 4 is 45.2 Å². The highest BCUT2D eigenvalue weighted by molar-refractivity contribution is 6.74. The Morgan fingerprint density at radius 1 is 0.969 bits per heavy atom. The molecule has 0 aromatic carbocycles. The van der Waals surface area contributed by atoms with Crippen LogP contribution in [0.1, 0.15) is 41.5 Å². The Hall–Kier alpha value is -1.01. The van der Waals surface area contributed by atoms with E-state index in [1.807, 2.05) is 10.9 Å². The second-order valence-electron chi connectivity index (χ2n) is 11.7. The van der Waals surface area contributed by atoms with Crippen LogP contribution in [0.2, 0.25) is 41.5 Å². The lowest BCUT2D eigenvalue weighted by atomic mass is 10.2. The zero-order valence-corrected chi connectivity index (χ0v) is 24.5. The molecule has 0 saturated carbocycles. The Kier molecular flexibility index (Phi) is 8.25. The van der Waals surface area contributed by atoms with Crippen molar-refractivity contribution in [2.75, 3.05) is 25.6 Å². The summed E-state index contributed by atoms with van der Waals surface area (Å²) in [4.78, 5) is 13.2. The number of fused-ring (bicyclic) bond motifs is 1. The molecule has 2 heterocycles. The first kappa shape index (κ1) is 27.2. The summed E-state index contributed by atoms with van der Waals surface area (Å²) in [5, 5.41) is 3.56. The summed E-state index contributed by atoms with van der Waals surface area (Å²) < 4.78 is 15.3. The van der Waals surface area contributed by atoms with Crippen molar-refractivity contribution in [2.24, 2.45) is 5.92 Å². The predicted molar refractivity (Wildman–Crippen MR) is 140 cm³/mol. The van der Waals surface area contributed by atoms with E-state index >= 15 is 0 Å². The molecule has 2 aromatic rings. The van der Waals surface area contributed by atoms with Gasteiger partial charge in [0.1, 0.15) is 0 Å². The summed E-state index contributed by atoms with van der Waals surface area (Å²) in [7, 11) is -1.96. The molecule has 0 unspecified atom stereocenters. The van der Waals surface area contributed by atoms with Crippen LogP contribution >= 0.6 is 11.6 Å². The molecule has 182 valence electrons. The fourth-order valence-corrected chi connectivity index (χ4v) is 5.08. The molecular weight excluding hydrogens is 458 g/mol. The minimum Gasteiger partial charge on any atom is -0.416 e. The third-order valence-electron chi connectivity index (χ3n) is 7.10. The standard InChI is InChI=1S/C22H42ClN5O2Si2/c1-21(2,3)31(8,9)29-13-16(14-30-32(10,11)22(4,5)6)12-28-15-25-17-18(24-7)26-20(23)27-19(17)28/h15-16H,12-14H2,1-11H3,(H,24,26,27). The van der Waals surface area contributed by atoms with Gasteiger partial charge in [-0.25, -0.2) is 4.98 Å². The minimum atomic E-state index is -1.88. The van der Waals surface area contributed by atoms with Gasteiger partial charge in [-0.15, -0.1) is 0 Å². The molecule has 0 fully saturated rings. The molecule has 2 aromatic heterocycles. The number of imidazole rings is 1. The molecule has 0 amide bonds. The van der Waals surface area contributed by atoms with Crippen molar-refractivity contribution in [2.45, 2.75) is 84.4 Å². The first-order valence-electron chi connectivity index (χ1n) is 11.3. The maximum Gasteiger partial charge on any atom is 0.226 e. The van der Waals surface area contributed by atoms with E-state index in [4.69, 9.17) is 20.5 Å². The number of anilines is 1. The third kappa shape index (κ3) is 6.31. The minimum absolute atomic E-state index is 0.155. The smallest absolute Gasteiger partial charge is 0.226 e. The van der Waals surface area contributed by atoms with Crippen LogP contribution in [0, 0.1) is 5.92 Å². The van der Waals surface area contributed by atoms with Crippen LogP contribution in [0.15, 0.2) is 6.33 Å². The van der Waals surface area contributed by atoms with Gasteiger partial charge < -0.3 is 18.7 Å². The van der Waals surface area contributed by atoms with Crippen LogP contribution in [-0.2, 0) is 15.4 Å². The summed E-state index contributed by atoms with van der Waals surface area (Å²) in [6, 6.07) is 0. The zero-order valence-electron chi connectivity index (χ0n) is 21.8. The van der Waals surface area contributed by atoms with Gasteiger partial charge in [0.15, 0.2) is 33.6 Å². The van der Waals surface area contributed by atoms with Crippen LogP contribution in [-0.4, -0.2) is 56.4 Å². The van der Waals surface area contributed by atoms with Crippen molar-refractivity contribution in [3.05, 3.63) is 11.6 Å². The average molecular weight is 500 g/mol. The lowest BCUT2D eigenvalue weighted by molar-refractivity contribution is 0.145. The van der Waals surface area contributed by atoms with Crippen LogP contribution < -0.4 is 5.32 Å². The Labute approximate surface area is 200 Å². The first-order valence-corrected chi connectivity index (χ1v) is 17.5. The summed E-state index contributed by atoms with van der Waals surface area (Å²) >= 11 is 6.17. The summed E-state index contributed by atoms with van der Waals surface area (Å²) in [5.74, 6) is 0.799. The Morgan fingerprint density at radius 3 is 1.91 bits per heavy atom. The Balaban J connectivity index is 2.30. The number of hydrogen-bond donors (Lipinski definition) is 1. The van der Waals surface area contributed by atoms with Gasteiger partial charge in [0, 0.05) is 32.7 Å². The van der Waals surface area contributed by atoms with Gasteiger partial charge in [0.05, 0.1) is 6.33 Å². The molecule has 0 aliphatic carbocycles. The van der Waals surface area contributed by atoms with Gasteiger partial charge in [-0.1, -0.05) is 41.5 Å². The molecule has 7 nitrogen and oxygen atoms in total. The average Bonchev–Trinajstić information content (AvgIpc) is 3.03. The van der Waals surface area contributed by atoms with E-state index in [1.54, 1.807) is 7.05 Å². The lowest BCUT2D eigenvalue weighted by Gasteiger charge is -2.39. The molecule has 0 bridgehead atoms. The lowest BCUT2D eigenvalue weighted by Crippen LogP contribution is -2.45. The normalized spacial score (nSPS) is 13.9. The molecule has 0 radical (unpaired) electrons. The fraction of sp³-hybridized carbons (Fsp3) is 0.773. The quantitative estimate of drug-likeness (QED) is 0.328. The number of hydrogen-bond acceptors (Lipinski definition) is 6. The predicted octanol–water partition coefficient (Wildman–Crippen LogP) is 6.18. The van der Waals surface area contributed by atoms with E-state index in [1.165, 1.54) is 0 Å². The summed E-state index contributed by atoms with van der Waals surface area (Å²) in [6.45, 7) is 24.7. The van der Waals surface area contributed by atoms with Crippen molar-refractivity contribution in [3.63, 3.8) is 0 Å². The van der Waals surface area contributed by atoms with Crippen LogP contribution in [0.4, 0.5) is 5.82 Å². The van der Waals surface area contributed by atoms with Crippen molar-refractivity contribution in [3.8, 4) is 0 Å². The van der Waals surface area contributed by atoms with Gasteiger partial charge in [-0.2, -0.15) is 9.97 Å². The number of nitrogens with zero attached hydrogens (tertiary/aromatic N) is 4. The molecule has 0 spiro atoms. The number of nitrogens with one attached hydrogen (secondary N) is 1. The van der Waals surface area contributed by atoms with E-state index in [0.29, 0.717) is 31.1 Å². The topological polar surface area (TPSA) is 74.1 Å². The maximum absolute atomic E-state index is 6.61. The largest absolute Gasteiger partial charge is 0.416 e. The van der Waals surface area contributed by atoms with E-state index < -0.39 is 16.6 Å². The van der Waals surface area contributed by atoms with Gasteiger partial charge >= 0.3 is 0 Å². The van der Waals surface area contributed by atoms with Gasteiger partial charge in [0.25, 0.3) is 0 Å². The van der Waals surface area contributed by atoms with Crippen LogP contribution in [0.3, 0.4) is 0 Å². The SMILES string of the molecule is CNc1nc(Cl)nc2c1ncn2CC(CO[Si](C)(C)C(C)(C)C)CO[Si](C)(C)C(C)(C)C. The van der Waals surface area contributed by atoms with E-state index in [9.17, 15) is 0 Å². The van der Waals surface area contributed by atoms with Gasteiger partial charge in [0.2, 0.25) is 5.28 Å². The van der Waals surface area contributed by atoms with E-state index in [-0.39, 0.29) is 21.3 Å². The summed E-state index contributed by atoms with van der Waals surface area (Å²) in [5.41, 5.74) is 1.44. The summed E-state index contributed by atoms with van der Waals surface area (Å²) in [6.07, 6.45) is 1.81. The molecule has 2 rings (SSSR count). The molecule has 0 atom stereocenters. The second-order valence-corrected chi connectivity index (χ2v) is 21.6. The number of aromatic nitrogens is 4. The first-order chi connectivity index (χ1) is 14.5. The second kappa shape index (κ2) is 9.70.